The molecule has 2 aromatic heterocycles. The Bertz CT molecular complexity index is 1230. The summed E-state index contributed by atoms with van der Waals surface area (Å²) in [5.74, 6) is 0.649. The minimum atomic E-state index is -0.541. The van der Waals surface area contributed by atoms with Crippen LogP contribution in [-0.4, -0.2) is 57.4 Å². The number of hydrogen-bond acceptors (Lipinski definition) is 8. The fourth-order valence-corrected chi connectivity index (χ4v) is 4.52. The van der Waals surface area contributed by atoms with E-state index in [1.807, 2.05) is 43.9 Å². The molecule has 0 atom stereocenters. The van der Waals surface area contributed by atoms with Gasteiger partial charge in [0, 0.05) is 49.1 Å². The summed E-state index contributed by atoms with van der Waals surface area (Å²) in [5.41, 5.74) is 7.46. The Morgan fingerprint density at radius 3 is 2.62 bits per heavy atom. The molecule has 3 aromatic rings. The molecular weight excluding hydrogens is 428 g/mol. The van der Waals surface area contributed by atoms with Gasteiger partial charge in [0.25, 0.3) is 5.56 Å². The number of anilines is 2. The molecule has 168 valence electrons. The van der Waals surface area contributed by atoms with Gasteiger partial charge in [0.1, 0.15) is 16.4 Å². The Kier molecular flexibility index (Phi) is 5.64. The normalized spacial score (nSPS) is 14.6. The predicted octanol–water partition coefficient (Wildman–Crippen LogP) is 3.10. The predicted molar refractivity (Wildman–Crippen MR) is 127 cm³/mol. The number of carbonyl (C=O) groups is 1. The van der Waals surface area contributed by atoms with Gasteiger partial charge in [0.05, 0.1) is 0 Å². The van der Waals surface area contributed by atoms with Crippen LogP contribution in [0.15, 0.2) is 35.6 Å². The molecule has 0 unspecified atom stereocenters. The Morgan fingerprint density at radius 1 is 1.25 bits per heavy atom. The fraction of sp³-hybridized carbons (Fsp3) is 0.364. The Hall–Kier alpha value is -3.40. The first-order valence-electron chi connectivity index (χ1n) is 10.3. The monoisotopic (exact) mass is 454 g/mol. The van der Waals surface area contributed by atoms with E-state index in [4.69, 9.17) is 15.6 Å². The Balaban J connectivity index is 1.64. The van der Waals surface area contributed by atoms with Crippen molar-refractivity contribution in [2.24, 2.45) is 0 Å². The van der Waals surface area contributed by atoms with Crippen molar-refractivity contribution in [3.05, 3.63) is 46.8 Å². The maximum atomic E-state index is 12.4. The number of nitrogens with zero attached hydrogens (tertiary/aromatic N) is 5. The first-order valence-corrected chi connectivity index (χ1v) is 11.1. The summed E-state index contributed by atoms with van der Waals surface area (Å²) in [5, 5.41) is 5.43. The van der Waals surface area contributed by atoms with Gasteiger partial charge in [-0.15, -0.1) is 0 Å². The highest BCUT2D eigenvalue weighted by Crippen LogP contribution is 2.32. The maximum absolute atomic E-state index is 12.4. The molecule has 32 heavy (non-hydrogen) atoms. The molecule has 0 aliphatic carbocycles. The van der Waals surface area contributed by atoms with E-state index in [0.29, 0.717) is 47.7 Å². The van der Waals surface area contributed by atoms with Crippen LogP contribution < -0.4 is 16.2 Å². The highest BCUT2D eigenvalue weighted by molar-refractivity contribution is 7.19. The molecular formula is C22H26N6O3S. The molecule has 10 heteroatoms. The van der Waals surface area contributed by atoms with Crippen LogP contribution in [0, 0.1) is 0 Å². The lowest BCUT2D eigenvalue weighted by Gasteiger charge is -2.36. The zero-order chi connectivity index (χ0) is 23.0. The van der Waals surface area contributed by atoms with Gasteiger partial charge in [-0.05, 0) is 26.8 Å². The first-order chi connectivity index (χ1) is 15.2. The number of piperazine rings is 1. The van der Waals surface area contributed by atoms with Crippen molar-refractivity contribution in [3.63, 3.8) is 0 Å². The van der Waals surface area contributed by atoms with Crippen molar-refractivity contribution in [2.45, 2.75) is 26.4 Å². The van der Waals surface area contributed by atoms with Crippen LogP contribution in [0.1, 0.15) is 26.3 Å². The van der Waals surface area contributed by atoms with E-state index in [1.54, 1.807) is 15.5 Å². The van der Waals surface area contributed by atoms with Crippen molar-refractivity contribution < 1.29 is 9.53 Å². The summed E-state index contributed by atoms with van der Waals surface area (Å²) in [7, 11) is 0. The number of hydrogen-bond donors (Lipinski definition) is 1. The SMILES string of the molecule is C=Cc1c(N)cccc1-c1nn2c(N3CCN(C(=O)OC(C)(C)C)CC3)cc(=O)nc2s1. The van der Waals surface area contributed by atoms with Crippen LogP contribution >= 0.6 is 11.3 Å². The topological polar surface area (TPSA) is 106 Å². The van der Waals surface area contributed by atoms with Gasteiger partial charge < -0.3 is 20.3 Å². The van der Waals surface area contributed by atoms with Crippen LogP contribution in [0.2, 0.25) is 0 Å². The molecule has 0 radical (unpaired) electrons. The van der Waals surface area contributed by atoms with E-state index >= 15 is 0 Å². The maximum Gasteiger partial charge on any atom is 0.410 e. The third-order valence-corrected chi connectivity index (χ3v) is 6.01. The van der Waals surface area contributed by atoms with Gasteiger partial charge in [0.2, 0.25) is 4.96 Å². The van der Waals surface area contributed by atoms with Crippen molar-refractivity contribution in [3.8, 4) is 10.6 Å². The number of benzene rings is 1. The van der Waals surface area contributed by atoms with Gasteiger partial charge in [0.15, 0.2) is 0 Å². The molecule has 4 rings (SSSR count). The third-order valence-electron chi connectivity index (χ3n) is 5.07. The van der Waals surface area contributed by atoms with E-state index < -0.39 is 5.60 Å². The number of fused-ring (bicyclic) bond motifs is 1. The summed E-state index contributed by atoms with van der Waals surface area (Å²) in [6.45, 7) is 11.5. The number of nitrogens with two attached hydrogens (primary N) is 1. The van der Waals surface area contributed by atoms with Crippen LogP contribution in [0.25, 0.3) is 21.6 Å². The minimum Gasteiger partial charge on any atom is -0.444 e. The summed E-state index contributed by atoms with van der Waals surface area (Å²) in [6, 6.07) is 7.07. The molecule has 1 aromatic carbocycles. The summed E-state index contributed by atoms with van der Waals surface area (Å²) < 4.78 is 7.15. The number of rotatable bonds is 3. The van der Waals surface area contributed by atoms with E-state index in [0.717, 1.165) is 11.1 Å². The second-order valence-corrected chi connectivity index (χ2v) is 9.48. The highest BCUT2D eigenvalue weighted by atomic mass is 32.1. The highest BCUT2D eigenvalue weighted by Gasteiger charge is 2.27. The van der Waals surface area contributed by atoms with Crippen molar-refractivity contribution >= 4 is 40.0 Å². The largest absolute Gasteiger partial charge is 0.444 e. The zero-order valence-electron chi connectivity index (χ0n) is 18.4. The van der Waals surface area contributed by atoms with Crippen LogP contribution in [0.3, 0.4) is 0 Å². The number of ether oxygens (including phenoxy) is 1. The second-order valence-electron chi connectivity index (χ2n) is 8.52. The molecule has 3 heterocycles. The van der Waals surface area contributed by atoms with Crippen LogP contribution in [0.4, 0.5) is 16.3 Å². The van der Waals surface area contributed by atoms with Gasteiger partial charge >= 0.3 is 6.09 Å². The standard InChI is InChI=1S/C22H26N6O3S/c1-5-14-15(7-6-8-16(14)23)19-25-28-18(13-17(29)24-20(28)32-19)26-9-11-27(12-10-26)21(30)31-22(2,3)4/h5-8,13H,1,9-12,23H2,2-4H3. The third kappa shape index (κ3) is 4.31. The second kappa shape index (κ2) is 8.27. The van der Waals surface area contributed by atoms with Gasteiger partial charge in [-0.2, -0.15) is 14.6 Å². The number of amides is 1. The summed E-state index contributed by atoms with van der Waals surface area (Å²) >= 11 is 1.32. The average molecular weight is 455 g/mol. The molecule has 1 aliphatic heterocycles. The first kappa shape index (κ1) is 21.8. The number of nitrogen functional groups attached to an aromatic ring is 1. The van der Waals surface area contributed by atoms with Crippen molar-refractivity contribution in [1.29, 1.82) is 0 Å². The molecule has 1 aliphatic rings. The van der Waals surface area contributed by atoms with E-state index in [2.05, 4.69) is 11.6 Å². The molecule has 1 saturated heterocycles. The molecule has 2 N–H and O–H groups in total. The summed E-state index contributed by atoms with van der Waals surface area (Å²) in [4.78, 5) is 33.0. The van der Waals surface area contributed by atoms with Crippen LogP contribution in [-0.2, 0) is 4.74 Å². The Morgan fingerprint density at radius 2 is 1.97 bits per heavy atom. The minimum absolute atomic E-state index is 0.330. The molecule has 1 fully saturated rings. The lowest BCUT2D eigenvalue weighted by molar-refractivity contribution is 0.0240. The van der Waals surface area contributed by atoms with E-state index in [1.165, 1.54) is 17.4 Å². The summed E-state index contributed by atoms with van der Waals surface area (Å²) in [6.07, 6.45) is 1.37. The lowest BCUT2D eigenvalue weighted by atomic mass is 10.1. The van der Waals surface area contributed by atoms with E-state index in [-0.39, 0.29) is 11.7 Å². The molecule has 0 spiro atoms. The Labute approximate surface area is 189 Å². The van der Waals surface area contributed by atoms with Gasteiger partial charge in [-0.3, -0.25) is 4.79 Å². The number of aromatic nitrogens is 3. The zero-order valence-corrected chi connectivity index (χ0v) is 19.2. The molecule has 0 saturated carbocycles. The molecule has 9 nitrogen and oxygen atoms in total. The van der Waals surface area contributed by atoms with Gasteiger partial charge in [-0.1, -0.05) is 36.1 Å². The smallest absolute Gasteiger partial charge is 0.410 e. The molecule has 0 bridgehead atoms. The average Bonchev–Trinajstić information content (AvgIpc) is 3.15. The van der Waals surface area contributed by atoms with Crippen molar-refractivity contribution in [2.75, 3.05) is 36.8 Å². The quantitative estimate of drug-likeness (QED) is 0.606. The number of carbonyl (C=O) groups excluding carboxylic acids is 1. The van der Waals surface area contributed by atoms with Gasteiger partial charge in [-0.25, -0.2) is 4.79 Å². The fourth-order valence-electron chi connectivity index (χ4n) is 3.58. The molecule has 1 amide bonds. The van der Waals surface area contributed by atoms with E-state index in [9.17, 15) is 9.59 Å². The van der Waals surface area contributed by atoms with Crippen molar-refractivity contribution in [1.82, 2.24) is 19.5 Å². The lowest BCUT2D eigenvalue weighted by Crippen LogP contribution is -2.50. The van der Waals surface area contributed by atoms with Crippen LogP contribution in [0.5, 0.6) is 0 Å².